The van der Waals surface area contributed by atoms with Gasteiger partial charge in [0.1, 0.15) is 0 Å². The molecule has 9 nitrogen and oxygen atoms in total. The van der Waals surface area contributed by atoms with Crippen molar-refractivity contribution < 1.29 is 29.0 Å². The maximum absolute atomic E-state index is 13.3. The molecule has 0 unspecified atom stereocenters. The molecule has 0 aromatic heterocycles. The van der Waals surface area contributed by atoms with Crippen LogP contribution in [0.15, 0.2) is 35.5 Å². The van der Waals surface area contributed by atoms with Gasteiger partial charge in [0.2, 0.25) is 12.5 Å². The Morgan fingerprint density at radius 1 is 1.19 bits per heavy atom. The molecule has 1 atom stereocenters. The average molecular weight is 438 g/mol. The zero-order chi connectivity index (χ0) is 22.8. The molecule has 2 aromatic rings. The predicted octanol–water partition coefficient (Wildman–Crippen LogP) is 4.24. The number of nitro benzene ring substituents is 1. The van der Waals surface area contributed by atoms with Crippen LogP contribution in [0, 0.1) is 15.5 Å². The fourth-order valence-electron chi connectivity index (χ4n) is 4.83. The van der Waals surface area contributed by atoms with Crippen molar-refractivity contribution in [2.24, 2.45) is 5.41 Å². The van der Waals surface area contributed by atoms with E-state index < -0.39 is 22.3 Å². The van der Waals surface area contributed by atoms with Gasteiger partial charge in [-0.15, -0.1) is 0 Å². The van der Waals surface area contributed by atoms with E-state index in [4.69, 9.17) is 14.2 Å². The van der Waals surface area contributed by atoms with Gasteiger partial charge in [-0.05, 0) is 35.1 Å². The number of nitrogens with one attached hydrogen (secondary N) is 1. The van der Waals surface area contributed by atoms with E-state index in [2.05, 4.69) is 5.32 Å². The van der Waals surface area contributed by atoms with E-state index in [-0.39, 0.29) is 23.7 Å². The molecule has 0 saturated heterocycles. The Morgan fingerprint density at radius 2 is 1.91 bits per heavy atom. The molecule has 0 radical (unpaired) electrons. The van der Waals surface area contributed by atoms with Crippen LogP contribution in [0.3, 0.4) is 0 Å². The highest BCUT2D eigenvalue weighted by Gasteiger charge is 2.42. The van der Waals surface area contributed by atoms with Gasteiger partial charge in [0.05, 0.1) is 12.0 Å². The molecule has 0 amide bonds. The number of anilines is 1. The molecular formula is C23H22N2O7. The molecule has 0 fully saturated rings. The number of nitro groups is 1. The molecule has 0 spiro atoms. The lowest BCUT2D eigenvalue weighted by molar-refractivity contribution is -0.386. The second kappa shape index (κ2) is 6.88. The number of Topliss-reactive ketones (excluding diaryl/α,β-unsaturated/α-hetero) is 1. The molecule has 2 aliphatic heterocycles. The first-order valence-electron chi connectivity index (χ1n) is 10.2. The first kappa shape index (κ1) is 20.2. The van der Waals surface area contributed by atoms with Crippen molar-refractivity contribution in [3.63, 3.8) is 0 Å². The molecule has 3 aliphatic rings. The van der Waals surface area contributed by atoms with Gasteiger partial charge in [0.25, 0.3) is 0 Å². The number of carbonyl (C=O) groups excluding carboxylic acids is 1. The van der Waals surface area contributed by atoms with E-state index in [1.54, 1.807) is 12.1 Å². The fraction of sp³-hybridized carbons (Fsp3) is 0.348. The summed E-state index contributed by atoms with van der Waals surface area (Å²) >= 11 is 0. The number of hydrogen-bond acceptors (Lipinski definition) is 8. The molecular weight excluding hydrogens is 416 g/mol. The normalized spacial score (nSPS) is 20.3. The van der Waals surface area contributed by atoms with E-state index >= 15 is 0 Å². The summed E-state index contributed by atoms with van der Waals surface area (Å²) in [5.74, 6) is -0.0513. The van der Waals surface area contributed by atoms with Crippen LogP contribution in [0.2, 0.25) is 0 Å². The number of methoxy groups -OCH3 is 1. The van der Waals surface area contributed by atoms with Crippen molar-refractivity contribution >= 4 is 17.2 Å². The summed E-state index contributed by atoms with van der Waals surface area (Å²) in [5, 5.41) is 25.3. The molecule has 32 heavy (non-hydrogen) atoms. The summed E-state index contributed by atoms with van der Waals surface area (Å²) in [5.41, 5.74) is 2.62. The van der Waals surface area contributed by atoms with Crippen molar-refractivity contribution in [1.29, 1.82) is 0 Å². The molecule has 0 bridgehead atoms. The molecule has 5 rings (SSSR count). The number of hydrogen-bond donors (Lipinski definition) is 2. The van der Waals surface area contributed by atoms with Gasteiger partial charge >= 0.3 is 5.69 Å². The SMILES string of the molecule is COc1cc([C@@H]2C3=C(CC(C)(C)CC3=O)Nc3cc4c(cc32)OCO4)cc([N+](=O)[O-])c1O. The van der Waals surface area contributed by atoms with E-state index in [0.717, 1.165) is 16.9 Å². The maximum Gasteiger partial charge on any atom is 0.314 e. The predicted molar refractivity (Wildman–Crippen MR) is 114 cm³/mol. The monoisotopic (exact) mass is 438 g/mol. The van der Waals surface area contributed by atoms with Crippen LogP contribution in [0.25, 0.3) is 0 Å². The van der Waals surface area contributed by atoms with Crippen molar-refractivity contribution in [3.8, 4) is 23.0 Å². The van der Waals surface area contributed by atoms with Gasteiger partial charge in [0.15, 0.2) is 23.0 Å². The van der Waals surface area contributed by atoms with Crippen LogP contribution < -0.4 is 19.5 Å². The van der Waals surface area contributed by atoms with Crippen LogP contribution in [0.1, 0.15) is 43.7 Å². The van der Waals surface area contributed by atoms with Crippen LogP contribution in [0.4, 0.5) is 11.4 Å². The number of phenolic OH excluding ortho intramolecular Hbond substituents is 1. The van der Waals surface area contributed by atoms with E-state index in [1.165, 1.54) is 13.2 Å². The third kappa shape index (κ3) is 3.04. The largest absolute Gasteiger partial charge is 0.500 e. The Hall–Kier alpha value is -3.75. The van der Waals surface area contributed by atoms with Crippen LogP contribution in [-0.4, -0.2) is 29.7 Å². The highest BCUT2D eigenvalue weighted by atomic mass is 16.7. The highest BCUT2D eigenvalue weighted by molar-refractivity contribution is 6.02. The maximum atomic E-state index is 13.3. The number of allylic oxidation sites excluding steroid dienone is 2. The van der Waals surface area contributed by atoms with Gasteiger partial charge in [-0.3, -0.25) is 14.9 Å². The van der Waals surface area contributed by atoms with Gasteiger partial charge < -0.3 is 24.6 Å². The van der Waals surface area contributed by atoms with Crippen LogP contribution in [-0.2, 0) is 4.79 Å². The molecule has 9 heteroatoms. The van der Waals surface area contributed by atoms with E-state index in [9.17, 15) is 20.0 Å². The molecule has 166 valence electrons. The number of ketones is 1. The zero-order valence-corrected chi connectivity index (χ0v) is 17.9. The van der Waals surface area contributed by atoms with Crippen molar-refractivity contribution in [3.05, 3.63) is 56.8 Å². The summed E-state index contributed by atoms with van der Waals surface area (Å²) in [6.07, 6.45) is 1.01. The molecule has 0 saturated carbocycles. The Balaban J connectivity index is 1.78. The summed E-state index contributed by atoms with van der Waals surface area (Å²) in [6.45, 7) is 4.17. The number of aromatic hydroxyl groups is 1. The Morgan fingerprint density at radius 3 is 2.59 bits per heavy atom. The average Bonchev–Trinajstić information content (AvgIpc) is 3.17. The smallest absolute Gasteiger partial charge is 0.314 e. The molecule has 2 aromatic carbocycles. The number of fused-ring (bicyclic) bond motifs is 2. The van der Waals surface area contributed by atoms with Crippen molar-refractivity contribution in [2.75, 3.05) is 19.2 Å². The van der Waals surface area contributed by atoms with E-state index in [1.807, 2.05) is 19.9 Å². The van der Waals surface area contributed by atoms with Crippen molar-refractivity contribution in [2.45, 2.75) is 32.6 Å². The highest BCUT2D eigenvalue weighted by Crippen LogP contribution is 2.53. The van der Waals surface area contributed by atoms with Gasteiger partial charge in [0, 0.05) is 41.4 Å². The third-order valence-corrected chi connectivity index (χ3v) is 6.18. The minimum absolute atomic E-state index is 0.0215. The lowest BCUT2D eigenvalue weighted by Crippen LogP contribution is -2.33. The van der Waals surface area contributed by atoms with E-state index in [0.29, 0.717) is 35.5 Å². The lowest BCUT2D eigenvalue weighted by atomic mass is 9.68. The number of carbonyl (C=O) groups is 1. The molecule has 2 N–H and O–H groups in total. The standard InChI is InChI=1S/C23H22N2O7/c1-23(2)8-14-21(16(26)9-23)20(11-4-15(25(28)29)22(27)19(5-11)30-3)12-6-17-18(32-10-31-17)7-13(12)24-14/h4-7,20,24,27H,8-10H2,1-3H3/t20-/m0/s1. The minimum Gasteiger partial charge on any atom is -0.500 e. The number of phenols is 1. The van der Waals surface area contributed by atoms with Gasteiger partial charge in [-0.25, -0.2) is 0 Å². The molecule has 2 heterocycles. The summed E-state index contributed by atoms with van der Waals surface area (Å²) in [6, 6.07) is 6.48. The summed E-state index contributed by atoms with van der Waals surface area (Å²) < 4.78 is 16.3. The Bertz CT molecular complexity index is 1220. The lowest BCUT2D eigenvalue weighted by Gasteiger charge is -2.39. The van der Waals surface area contributed by atoms with Gasteiger partial charge in [-0.1, -0.05) is 13.8 Å². The first-order valence-corrected chi connectivity index (χ1v) is 10.2. The fourth-order valence-corrected chi connectivity index (χ4v) is 4.83. The molecule has 1 aliphatic carbocycles. The second-order valence-corrected chi connectivity index (χ2v) is 9.03. The summed E-state index contributed by atoms with van der Waals surface area (Å²) in [4.78, 5) is 24.3. The quantitative estimate of drug-likeness (QED) is 0.539. The van der Waals surface area contributed by atoms with Crippen molar-refractivity contribution in [1.82, 2.24) is 0 Å². The topological polar surface area (TPSA) is 120 Å². The number of ether oxygens (including phenoxy) is 3. The minimum atomic E-state index is -0.663. The number of nitrogens with zero attached hydrogens (tertiary/aromatic N) is 1. The van der Waals surface area contributed by atoms with Crippen LogP contribution >= 0.6 is 0 Å². The zero-order valence-electron chi connectivity index (χ0n) is 17.9. The third-order valence-electron chi connectivity index (χ3n) is 6.18. The first-order chi connectivity index (χ1) is 15.2. The van der Waals surface area contributed by atoms with Gasteiger partial charge in [-0.2, -0.15) is 0 Å². The summed E-state index contributed by atoms with van der Waals surface area (Å²) in [7, 11) is 1.33. The number of benzene rings is 2. The second-order valence-electron chi connectivity index (χ2n) is 9.03. The number of rotatable bonds is 3. The Kier molecular flexibility index (Phi) is 4.34. The van der Waals surface area contributed by atoms with Crippen LogP contribution in [0.5, 0.6) is 23.0 Å². The Labute approximate surface area is 183 Å².